The SMILES string of the molecule is O=C(O)c1ccccc1NCCCS(=O)(=O)O. The van der Waals surface area contributed by atoms with Crippen LogP contribution in [0.2, 0.25) is 0 Å². The molecule has 0 aliphatic rings. The molecule has 1 aromatic rings. The van der Waals surface area contributed by atoms with E-state index in [4.69, 9.17) is 9.66 Å². The Bertz CT molecular complexity index is 497. The van der Waals surface area contributed by atoms with Gasteiger partial charge in [-0.25, -0.2) is 4.79 Å². The molecule has 1 aromatic carbocycles. The number of aromatic carboxylic acids is 1. The molecule has 0 fully saturated rings. The van der Waals surface area contributed by atoms with Crippen molar-refractivity contribution in [2.75, 3.05) is 17.6 Å². The number of rotatable bonds is 6. The van der Waals surface area contributed by atoms with Crippen molar-refractivity contribution in [3.63, 3.8) is 0 Å². The minimum atomic E-state index is -3.96. The van der Waals surface area contributed by atoms with Crippen molar-refractivity contribution < 1.29 is 22.9 Å². The summed E-state index contributed by atoms with van der Waals surface area (Å²) in [5.74, 6) is -1.40. The summed E-state index contributed by atoms with van der Waals surface area (Å²) < 4.78 is 29.4. The standard InChI is InChI=1S/C10H13NO5S/c12-10(13)8-4-1-2-5-9(8)11-6-3-7-17(14,15)16/h1-2,4-5,11H,3,6-7H2,(H,12,13)(H,14,15,16). The highest BCUT2D eigenvalue weighted by atomic mass is 32.2. The Balaban J connectivity index is 2.55. The molecule has 0 aliphatic heterocycles. The van der Waals surface area contributed by atoms with E-state index in [1.54, 1.807) is 18.2 Å². The molecule has 94 valence electrons. The monoisotopic (exact) mass is 259 g/mol. The highest BCUT2D eigenvalue weighted by molar-refractivity contribution is 7.85. The van der Waals surface area contributed by atoms with E-state index in [1.165, 1.54) is 6.07 Å². The van der Waals surface area contributed by atoms with E-state index in [1.807, 2.05) is 0 Å². The van der Waals surface area contributed by atoms with Gasteiger partial charge in [-0.1, -0.05) is 12.1 Å². The number of carboxylic acids is 1. The molecule has 6 nitrogen and oxygen atoms in total. The summed E-state index contributed by atoms with van der Waals surface area (Å²) in [6.45, 7) is 0.268. The molecule has 17 heavy (non-hydrogen) atoms. The van der Waals surface area contributed by atoms with Crippen molar-refractivity contribution in [1.29, 1.82) is 0 Å². The molecule has 0 aromatic heterocycles. The molecular formula is C10H13NO5S. The van der Waals surface area contributed by atoms with Gasteiger partial charge in [0, 0.05) is 12.2 Å². The lowest BCUT2D eigenvalue weighted by molar-refractivity contribution is 0.0698. The van der Waals surface area contributed by atoms with Gasteiger partial charge in [-0.05, 0) is 18.6 Å². The smallest absolute Gasteiger partial charge is 0.337 e. The zero-order chi connectivity index (χ0) is 12.9. The zero-order valence-corrected chi connectivity index (χ0v) is 9.77. The molecule has 0 amide bonds. The second-order valence-corrected chi connectivity index (χ2v) is 4.99. The molecule has 0 heterocycles. The number of nitrogens with one attached hydrogen (secondary N) is 1. The van der Waals surface area contributed by atoms with Crippen molar-refractivity contribution in [2.24, 2.45) is 0 Å². The van der Waals surface area contributed by atoms with E-state index in [0.29, 0.717) is 5.69 Å². The molecule has 7 heteroatoms. The normalized spacial score (nSPS) is 11.1. The maximum absolute atomic E-state index is 10.8. The highest BCUT2D eigenvalue weighted by Gasteiger charge is 2.08. The number of hydrogen-bond acceptors (Lipinski definition) is 4. The van der Waals surface area contributed by atoms with Crippen LogP contribution < -0.4 is 5.32 Å². The molecule has 0 spiro atoms. The van der Waals surface area contributed by atoms with Crippen LogP contribution in [0.3, 0.4) is 0 Å². The lowest BCUT2D eigenvalue weighted by Gasteiger charge is -2.08. The first kappa shape index (κ1) is 13.5. The van der Waals surface area contributed by atoms with Gasteiger partial charge in [0.2, 0.25) is 0 Å². The summed E-state index contributed by atoms with van der Waals surface area (Å²) in [5, 5.41) is 11.7. The van der Waals surface area contributed by atoms with E-state index in [9.17, 15) is 13.2 Å². The van der Waals surface area contributed by atoms with Crippen molar-refractivity contribution in [2.45, 2.75) is 6.42 Å². The van der Waals surface area contributed by atoms with E-state index < -0.39 is 16.1 Å². The van der Waals surface area contributed by atoms with Crippen molar-refractivity contribution >= 4 is 21.8 Å². The minimum absolute atomic E-state index is 0.124. The summed E-state index contributed by atoms with van der Waals surface area (Å²) >= 11 is 0. The van der Waals surface area contributed by atoms with E-state index in [-0.39, 0.29) is 24.3 Å². The van der Waals surface area contributed by atoms with Crippen LogP contribution in [0.25, 0.3) is 0 Å². The summed E-state index contributed by atoms with van der Waals surface area (Å²) in [5.41, 5.74) is 0.551. The van der Waals surface area contributed by atoms with Crippen LogP contribution in [-0.2, 0) is 10.1 Å². The third-order valence-electron chi connectivity index (χ3n) is 2.05. The van der Waals surface area contributed by atoms with Gasteiger partial charge in [-0.15, -0.1) is 0 Å². The fourth-order valence-electron chi connectivity index (χ4n) is 1.30. The first-order valence-electron chi connectivity index (χ1n) is 4.91. The fraction of sp³-hybridized carbons (Fsp3) is 0.300. The van der Waals surface area contributed by atoms with Gasteiger partial charge in [0.1, 0.15) is 0 Å². The number of hydrogen-bond donors (Lipinski definition) is 3. The Morgan fingerprint density at radius 1 is 1.29 bits per heavy atom. The molecule has 0 unspecified atom stereocenters. The predicted octanol–water partition coefficient (Wildman–Crippen LogP) is 1.07. The summed E-state index contributed by atoms with van der Waals surface area (Å²) in [6, 6.07) is 6.33. The number of anilines is 1. The highest BCUT2D eigenvalue weighted by Crippen LogP contribution is 2.14. The van der Waals surface area contributed by atoms with Crippen LogP contribution >= 0.6 is 0 Å². The predicted molar refractivity (Wildman–Crippen MR) is 62.9 cm³/mol. The lowest BCUT2D eigenvalue weighted by atomic mass is 10.2. The Hall–Kier alpha value is -1.60. The minimum Gasteiger partial charge on any atom is -0.478 e. The molecule has 3 N–H and O–H groups in total. The van der Waals surface area contributed by atoms with Gasteiger partial charge in [-0.3, -0.25) is 4.55 Å². The van der Waals surface area contributed by atoms with Gasteiger partial charge in [0.05, 0.1) is 11.3 Å². The summed E-state index contributed by atoms with van der Waals surface area (Å²) in [4.78, 5) is 10.8. The van der Waals surface area contributed by atoms with Crippen molar-refractivity contribution in [3.05, 3.63) is 29.8 Å². The summed E-state index contributed by atoms with van der Waals surface area (Å²) in [6.07, 6.45) is 0.201. The molecule has 0 atom stereocenters. The molecule has 0 bridgehead atoms. The first-order chi connectivity index (χ1) is 7.90. The lowest BCUT2D eigenvalue weighted by Crippen LogP contribution is -2.12. The van der Waals surface area contributed by atoms with Gasteiger partial charge >= 0.3 is 5.97 Å². The Morgan fingerprint density at radius 2 is 1.94 bits per heavy atom. The fourth-order valence-corrected chi connectivity index (χ4v) is 1.81. The topological polar surface area (TPSA) is 104 Å². The van der Waals surface area contributed by atoms with Crippen LogP contribution in [0.15, 0.2) is 24.3 Å². The first-order valence-corrected chi connectivity index (χ1v) is 6.52. The van der Waals surface area contributed by atoms with E-state index in [2.05, 4.69) is 5.32 Å². The van der Waals surface area contributed by atoms with Crippen molar-refractivity contribution in [3.8, 4) is 0 Å². The number of benzene rings is 1. The number of carboxylic acid groups (broad SMARTS) is 1. The molecule has 0 aliphatic carbocycles. The van der Waals surface area contributed by atoms with Crippen molar-refractivity contribution in [1.82, 2.24) is 0 Å². The van der Waals surface area contributed by atoms with Crippen LogP contribution in [0.4, 0.5) is 5.69 Å². The second-order valence-electron chi connectivity index (χ2n) is 3.42. The molecule has 0 saturated heterocycles. The Labute approximate surface area is 99.0 Å². The maximum atomic E-state index is 10.8. The average molecular weight is 259 g/mol. The summed E-state index contributed by atoms with van der Waals surface area (Å²) in [7, 11) is -3.96. The second kappa shape index (κ2) is 5.65. The molecule has 0 radical (unpaired) electrons. The average Bonchev–Trinajstić information content (AvgIpc) is 2.23. The third-order valence-corrected chi connectivity index (χ3v) is 2.86. The Kier molecular flexibility index (Phi) is 4.47. The van der Waals surface area contributed by atoms with Crippen LogP contribution in [0, 0.1) is 0 Å². The molecule has 1 rings (SSSR count). The third kappa shape index (κ3) is 4.83. The quantitative estimate of drug-likeness (QED) is 0.521. The number of para-hydroxylation sites is 1. The van der Waals surface area contributed by atoms with Gasteiger partial charge in [-0.2, -0.15) is 8.42 Å². The molecular weight excluding hydrogens is 246 g/mol. The molecule has 0 saturated carbocycles. The Morgan fingerprint density at radius 3 is 2.53 bits per heavy atom. The van der Waals surface area contributed by atoms with Crippen LogP contribution in [0.1, 0.15) is 16.8 Å². The largest absolute Gasteiger partial charge is 0.478 e. The zero-order valence-electron chi connectivity index (χ0n) is 8.96. The van der Waals surface area contributed by atoms with Gasteiger partial charge in [0.15, 0.2) is 0 Å². The number of carbonyl (C=O) groups is 1. The van der Waals surface area contributed by atoms with Crippen LogP contribution in [0.5, 0.6) is 0 Å². The van der Waals surface area contributed by atoms with Crippen LogP contribution in [-0.4, -0.2) is 36.3 Å². The van der Waals surface area contributed by atoms with E-state index in [0.717, 1.165) is 0 Å². The van der Waals surface area contributed by atoms with Gasteiger partial charge in [0.25, 0.3) is 10.1 Å². The van der Waals surface area contributed by atoms with Gasteiger partial charge < -0.3 is 10.4 Å². The maximum Gasteiger partial charge on any atom is 0.337 e. The van der Waals surface area contributed by atoms with E-state index >= 15 is 0 Å².